The van der Waals surface area contributed by atoms with Gasteiger partial charge in [-0.25, -0.2) is 9.59 Å². The molecule has 0 aromatic heterocycles. The molecular formula is C19H20N2O4. The van der Waals surface area contributed by atoms with Gasteiger partial charge in [-0.3, -0.25) is 10.1 Å². The molecule has 0 aliphatic rings. The summed E-state index contributed by atoms with van der Waals surface area (Å²) in [5.74, 6) is -1.30. The molecule has 0 unspecified atom stereocenters. The smallest absolute Gasteiger partial charge is 0.339 e. The van der Waals surface area contributed by atoms with Gasteiger partial charge in [0.1, 0.15) is 0 Å². The Hall–Kier alpha value is -3.15. The average Bonchev–Trinajstić information content (AvgIpc) is 2.65. The number of rotatable bonds is 6. The van der Waals surface area contributed by atoms with Gasteiger partial charge in [-0.15, -0.1) is 0 Å². The first-order valence-corrected chi connectivity index (χ1v) is 8.01. The van der Waals surface area contributed by atoms with Crippen molar-refractivity contribution in [1.29, 1.82) is 0 Å². The number of esters is 1. The van der Waals surface area contributed by atoms with Gasteiger partial charge in [0, 0.05) is 6.54 Å². The number of nitrogens with one attached hydrogen (secondary N) is 2. The van der Waals surface area contributed by atoms with Gasteiger partial charge < -0.3 is 10.1 Å². The Kier molecular flexibility index (Phi) is 6.71. The Bertz CT molecular complexity index is 744. The van der Waals surface area contributed by atoms with E-state index >= 15 is 0 Å². The van der Waals surface area contributed by atoms with Crippen molar-refractivity contribution in [3.05, 3.63) is 60.2 Å². The van der Waals surface area contributed by atoms with Crippen LogP contribution in [0.3, 0.4) is 0 Å². The van der Waals surface area contributed by atoms with Gasteiger partial charge in [0.25, 0.3) is 5.91 Å². The van der Waals surface area contributed by atoms with Gasteiger partial charge in [-0.2, -0.15) is 0 Å². The molecule has 0 radical (unpaired) electrons. The molecule has 2 N–H and O–H groups in total. The van der Waals surface area contributed by atoms with Crippen molar-refractivity contribution in [3.63, 3.8) is 0 Å². The maximum Gasteiger partial charge on any atom is 0.339 e. The van der Waals surface area contributed by atoms with Gasteiger partial charge >= 0.3 is 12.0 Å². The highest BCUT2D eigenvalue weighted by atomic mass is 16.5. The first-order chi connectivity index (χ1) is 12.1. The standard InChI is InChI=1S/C19H20N2O4/c1-2-12-20-19(24)21-17(22)13-25-18(23)16-11-7-6-10-15(16)14-8-4-3-5-9-14/h3-11H,2,12-13H2,1H3,(H2,20,21,22,24). The molecule has 0 fully saturated rings. The van der Waals surface area contributed by atoms with Crippen molar-refractivity contribution in [1.82, 2.24) is 10.6 Å². The normalized spacial score (nSPS) is 9.96. The molecule has 6 nitrogen and oxygen atoms in total. The minimum absolute atomic E-state index is 0.358. The van der Waals surface area contributed by atoms with Gasteiger partial charge in [-0.1, -0.05) is 55.5 Å². The number of carbonyl (C=O) groups is 3. The molecule has 130 valence electrons. The van der Waals surface area contributed by atoms with Crippen LogP contribution in [-0.4, -0.2) is 31.1 Å². The van der Waals surface area contributed by atoms with Crippen molar-refractivity contribution in [3.8, 4) is 11.1 Å². The van der Waals surface area contributed by atoms with E-state index in [0.29, 0.717) is 17.7 Å². The monoisotopic (exact) mass is 340 g/mol. The van der Waals surface area contributed by atoms with Crippen LogP contribution in [0.5, 0.6) is 0 Å². The van der Waals surface area contributed by atoms with Crippen LogP contribution < -0.4 is 10.6 Å². The molecule has 0 saturated carbocycles. The number of benzene rings is 2. The van der Waals surface area contributed by atoms with Crippen molar-refractivity contribution < 1.29 is 19.1 Å². The zero-order valence-electron chi connectivity index (χ0n) is 14.0. The highest BCUT2D eigenvalue weighted by Crippen LogP contribution is 2.23. The van der Waals surface area contributed by atoms with Crippen LogP contribution in [0, 0.1) is 0 Å². The van der Waals surface area contributed by atoms with Gasteiger partial charge in [0.2, 0.25) is 0 Å². The summed E-state index contributed by atoms with van der Waals surface area (Å²) in [6, 6.07) is 15.8. The number of urea groups is 1. The zero-order chi connectivity index (χ0) is 18.1. The fraction of sp³-hybridized carbons (Fsp3) is 0.211. The van der Waals surface area contributed by atoms with Crippen LogP contribution in [0.15, 0.2) is 54.6 Å². The molecule has 0 aliphatic carbocycles. The van der Waals surface area contributed by atoms with E-state index in [-0.39, 0.29) is 0 Å². The van der Waals surface area contributed by atoms with E-state index in [2.05, 4.69) is 10.6 Å². The highest BCUT2D eigenvalue weighted by molar-refractivity contribution is 5.99. The third-order valence-electron chi connectivity index (χ3n) is 3.35. The third-order valence-corrected chi connectivity index (χ3v) is 3.35. The lowest BCUT2D eigenvalue weighted by atomic mass is 10.00. The van der Waals surface area contributed by atoms with Crippen LogP contribution >= 0.6 is 0 Å². The van der Waals surface area contributed by atoms with E-state index in [1.165, 1.54) is 0 Å². The Morgan fingerprint density at radius 1 is 0.960 bits per heavy atom. The van der Waals surface area contributed by atoms with E-state index in [0.717, 1.165) is 12.0 Å². The average molecular weight is 340 g/mol. The second-order valence-electron chi connectivity index (χ2n) is 5.29. The molecule has 0 saturated heterocycles. The predicted molar refractivity (Wildman–Crippen MR) is 94.0 cm³/mol. The molecule has 2 rings (SSSR count). The van der Waals surface area contributed by atoms with Gasteiger partial charge in [0.05, 0.1) is 5.56 Å². The van der Waals surface area contributed by atoms with Crippen molar-refractivity contribution in [2.45, 2.75) is 13.3 Å². The van der Waals surface area contributed by atoms with Gasteiger partial charge in [-0.05, 0) is 23.6 Å². The first kappa shape index (κ1) is 18.2. The highest BCUT2D eigenvalue weighted by Gasteiger charge is 2.16. The second kappa shape index (κ2) is 9.22. The Morgan fingerprint density at radius 3 is 2.36 bits per heavy atom. The number of amides is 3. The second-order valence-corrected chi connectivity index (χ2v) is 5.29. The summed E-state index contributed by atoms with van der Waals surface area (Å²) in [6.45, 7) is 1.83. The molecule has 0 heterocycles. The SMILES string of the molecule is CCCNC(=O)NC(=O)COC(=O)c1ccccc1-c1ccccc1. The molecule has 0 spiro atoms. The predicted octanol–water partition coefficient (Wildman–Crippen LogP) is 2.75. The summed E-state index contributed by atoms with van der Waals surface area (Å²) < 4.78 is 5.03. The van der Waals surface area contributed by atoms with Crippen molar-refractivity contribution in [2.24, 2.45) is 0 Å². The van der Waals surface area contributed by atoms with E-state index in [9.17, 15) is 14.4 Å². The molecule has 0 atom stereocenters. The zero-order valence-corrected chi connectivity index (χ0v) is 14.0. The fourth-order valence-corrected chi connectivity index (χ4v) is 2.18. The summed E-state index contributed by atoms with van der Waals surface area (Å²) >= 11 is 0. The molecule has 2 aromatic rings. The summed E-state index contributed by atoms with van der Waals surface area (Å²) in [5, 5.41) is 4.60. The maximum atomic E-state index is 12.3. The largest absolute Gasteiger partial charge is 0.452 e. The summed E-state index contributed by atoms with van der Waals surface area (Å²) in [7, 11) is 0. The lowest BCUT2D eigenvalue weighted by Crippen LogP contribution is -2.41. The summed E-state index contributed by atoms with van der Waals surface area (Å²) in [6.07, 6.45) is 0.757. The summed E-state index contributed by atoms with van der Waals surface area (Å²) in [5.41, 5.74) is 1.95. The van der Waals surface area contributed by atoms with Crippen LogP contribution in [0.1, 0.15) is 23.7 Å². The number of carbonyl (C=O) groups excluding carboxylic acids is 3. The summed E-state index contributed by atoms with van der Waals surface area (Å²) in [4.78, 5) is 35.3. The number of imide groups is 1. The lowest BCUT2D eigenvalue weighted by Gasteiger charge is -2.10. The quantitative estimate of drug-likeness (QED) is 0.792. The third kappa shape index (κ3) is 5.46. The molecule has 2 aromatic carbocycles. The van der Waals surface area contributed by atoms with Crippen molar-refractivity contribution in [2.75, 3.05) is 13.2 Å². The molecular weight excluding hydrogens is 320 g/mol. The van der Waals surface area contributed by atoms with E-state index in [1.807, 2.05) is 49.4 Å². The van der Waals surface area contributed by atoms with E-state index < -0.39 is 24.5 Å². The number of hydrogen-bond donors (Lipinski definition) is 2. The molecule has 3 amide bonds. The van der Waals surface area contributed by atoms with Crippen LogP contribution in [0.2, 0.25) is 0 Å². The molecule has 0 aliphatic heterocycles. The molecule has 25 heavy (non-hydrogen) atoms. The lowest BCUT2D eigenvalue weighted by molar-refractivity contribution is -0.123. The topological polar surface area (TPSA) is 84.5 Å². The Labute approximate surface area is 146 Å². The maximum absolute atomic E-state index is 12.3. The number of ether oxygens (including phenoxy) is 1. The van der Waals surface area contributed by atoms with Crippen molar-refractivity contribution >= 4 is 17.9 Å². The van der Waals surface area contributed by atoms with E-state index in [1.54, 1.807) is 12.1 Å². The minimum Gasteiger partial charge on any atom is -0.452 e. The van der Waals surface area contributed by atoms with Crippen LogP contribution in [-0.2, 0) is 9.53 Å². The van der Waals surface area contributed by atoms with Gasteiger partial charge in [0.15, 0.2) is 6.61 Å². The molecule has 0 bridgehead atoms. The molecule has 6 heteroatoms. The fourth-order valence-electron chi connectivity index (χ4n) is 2.18. The Balaban J connectivity index is 1.98. The van der Waals surface area contributed by atoms with Crippen LogP contribution in [0.4, 0.5) is 4.79 Å². The minimum atomic E-state index is -0.681. The van der Waals surface area contributed by atoms with E-state index in [4.69, 9.17) is 4.74 Å². The number of hydrogen-bond acceptors (Lipinski definition) is 4. The Morgan fingerprint density at radius 2 is 1.64 bits per heavy atom. The first-order valence-electron chi connectivity index (χ1n) is 8.01. The van der Waals surface area contributed by atoms with Crippen LogP contribution in [0.25, 0.3) is 11.1 Å².